The van der Waals surface area contributed by atoms with Gasteiger partial charge in [0, 0.05) is 11.3 Å². The average molecular weight is 391 g/mol. The van der Waals surface area contributed by atoms with Crippen molar-refractivity contribution in [1.82, 2.24) is 0 Å². The van der Waals surface area contributed by atoms with Gasteiger partial charge in [0.15, 0.2) is 0 Å². The highest BCUT2D eigenvalue weighted by Crippen LogP contribution is 2.59. The third-order valence-electron chi connectivity index (χ3n) is 6.59. The fourth-order valence-electron chi connectivity index (χ4n) is 5.31. The molecule has 0 amide bonds. The molecule has 0 unspecified atom stereocenters. The first-order chi connectivity index (χ1) is 12.6. The Morgan fingerprint density at radius 1 is 1.30 bits per heavy atom. The Hall–Kier alpha value is -1.83. The highest BCUT2D eigenvalue weighted by Gasteiger charge is 2.52. The van der Waals surface area contributed by atoms with Crippen molar-refractivity contribution in [3.05, 3.63) is 41.0 Å². The SMILES string of the molecule is C=C1C[C@H](O)[C@@]2(C)CCC3=C(CCc4cc(NS(=O)(=O)O)c(OC)cc43)[C@H]12. The van der Waals surface area contributed by atoms with Crippen molar-refractivity contribution < 1.29 is 22.8 Å². The Labute approximate surface area is 159 Å². The molecule has 3 aliphatic rings. The number of nitrogens with one attached hydrogen (secondary N) is 1. The molecule has 0 spiro atoms. The van der Waals surface area contributed by atoms with E-state index in [0.717, 1.165) is 42.4 Å². The van der Waals surface area contributed by atoms with E-state index in [1.165, 1.54) is 18.3 Å². The predicted molar refractivity (Wildman–Crippen MR) is 104 cm³/mol. The topological polar surface area (TPSA) is 95.9 Å². The molecule has 1 fully saturated rings. The van der Waals surface area contributed by atoms with Crippen LogP contribution >= 0.6 is 0 Å². The van der Waals surface area contributed by atoms with E-state index in [9.17, 15) is 13.5 Å². The van der Waals surface area contributed by atoms with Gasteiger partial charge in [-0.05, 0) is 60.9 Å². The van der Waals surface area contributed by atoms with Crippen LogP contribution < -0.4 is 9.46 Å². The number of aliphatic hydroxyl groups is 1. The van der Waals surface area contributed by atoms with Crippen molar-refractivity contribution >= 4 is 21.6 Å². The highest BCUT2D eigenvalue weighted by atomic mass is 32.2. The number of aliphatic hydroxyl groups excluding tert-OH is 1. The lowest BCUT2D eigenvalue weighted by Gasteiger charge is -2.43. The van der Waals surface area contributed by atoms with Crippen LogP contribution in [-0.4, -0.2) is 31.3 Å². The van der Waals surface area contributed by atoms with Gasteiger partial charge in [-0.2, -0.15) is 8.42 Å². The van der Waals surface area contributed by atoms with Crippen LogP contribution in [0.2, 0.25) is 0 Å². The van der Waals surface area contributed by atoms with Gasteiger partial charge in [-0.25, -0.2) is 0 Å². The van der Waals surface area contributed by atoms with Crippen molar-refractivity contribution in [2.45, 2.75) is 45.1 Å². The lowest BCUT2D eigenvalue weighted by molar-refractivity contribution is 0.0384. The molecular weight excluding hydrogens is 366 g/mol. The Morgan fingerprint density at radius 2 is 2.04 bits per heavy atom. The lowest BCUT2D eigenvalue weighted by atomic mass is 9.62. The van der Waals surface area contributed by atoms with Crippen LogP contribution in [0.5, 0.6) is 5.75 Å². The van der Waals surface area contributed by atoms with E-state index < -0.39 is 10.3 Å². The summed E-state index contributed by atoms with van der Waals surface area (Å²) < 4.78 is 39.1. The van der Waals surface area contributed by atoms with E-state index in [0.29, 0.717) is 12.2 Å². The molecule has 4 rings (SSSR count). The van der Waals surface area contributed by atoms with Gasteiger partial charge in [0.2, 0.25) is 0 Å². The van der Waals surface area contributed by atoms with Crippen LogP contribution in [0.15, 0.2) is 29.9 Å². The van der Waals surface area contributed by atoms with Gasteiger partial charge in [0.1, 0.15) is 5.75 Å². The summed E-state index contributed by atoms with van der Waals surface area (Å²) in [6.07, 6.45) is 3.71. The van der Waals surface area contributed by atoms with Gasteiger partial charge in [0.25, 0.3) is 0 Å². The molecule has 0 radical (unpaired) electrons. The second-order valence-corrected chi connectivity index (χ2v) is 9.26. The standard InChI is InChI=1S/C20H25NO5S/c1-11-8-18(22)20(2)7-6-13-14(19(11)20)5-4-12-9-16(21-27(23,24)25)17(26-3)10-15(12)13/h9-10,18-19,21-22H,1,4-8H2,2-3H3,(H,23,24,25)/t18-,19-,20+/m0/s1. The first kappa shape index (κ1) is 18.5. The zero-order valence-corrected chi connectivity index (χ0v) is 16.4. The monoisotopic (exact) mass is 391 g/mol. The quantitative estimate of drug-likeness (QED) is 0.542. The van der Waals surface area contributed by atoms with Crippen LogP contribution in [0.3, 0.4) is 0 Å². The number of methoxy groups -OCH3 is 1. The Balaban J connectivity index is 1.82. The number of fused-ring (bicyclic) bond motifs is 4. The third-order valence-corrected chi connectivity index (χ3v) is 7.07. The molecule has 0 saturated heterocycles. The number of aryl methyl sites for hydroxylation is 1. The van der Waals surface area contributed by atoms with E-state index in [1.54, 1.807) is 6.07 Å². The predicted octanol–water partition coefficient (Wildman–Crippen LogP) is 3.35. The number of benzene rings is 1. The summed E-state index contributed by atoms with van der Waals surface area (Å²) in [5.74, 6) is 0.574. The van der Waals surface area contributed by atoms with Crippen LogP contribution in [-0.2, 0) is 16.7 Å². The van der Waals surface area contributed by atoms with Gasteiger partial charge >= 0.3 is 10.3 Å². The van der Waals surface area contributed by atoms with Crippen LogP contribution in [0.25, 0.3) is 5.57 Å². The maximum atomic E-state index is 11.2. The molecule has 6 nitrogen and oxygen atoms in total. The zero-order chi connectivity index (χ0) is 19.6. The van der Waals surface area contributed by atoms with Crippen molar-refractivity contribution in [3.8, 4) is 5.75 Å². The maximum absolute atomic E-state index is 11.2. The van der Waals surface area contributed by atoms with Crippen molar-refractivity contribution in [2.24, 2.45) is 11.3 Å². The molecule has 146 valence electrons. The Morgan fingerprint density at radius 3 is 2.70 bits per heavy atom. The second kappa shape index (κ2) is 6.09. The minimum atomic E-state index is -4.37. The second-order valence-electron chi connectivity index (χ2n) is 8.11. The molecule has 27 heavy (non-hydrogen) atoms. The van der Waals surface area contributed by atoms with Gasteiger partial charge < -0.3 is 9.84 Å². The summed E-state index contributed by atoms with van der Waals surface area (Å²) in [4.78, 5) is 0. The van der Waals surface area contributed by atoms with Crippen molar-refractivity contribution in [1.29, 1.82) is 0 Å². The van der Waals surface area contributed by atoms with Crippen molar-refractivity contribution in [2.75, 3.05) is 11.8 Å². The third kappa shape index (κ3) is 2.88. The highest BCUT2D eigenvalue weighted by molar-refractivity contribution is 7.87. The smallest absolute Gasteiger partial charge is 0.357 e. The molecule has 1 aromatic rings. The van der Waals surface area contributed by atoms with Crippen LogP contribution in [0, 0.1) is 11.3 Å². The van der Waals surface area contributed by atoms with Gasteiger partial charge in [-0.3, -0.25) is 9.27 Å². The van der Waals surface area contributed by atoms with Crippen molar-refractivity contribution in [3.63, 3.8) is 0 Å². The molecule has 7 heteroatoms. The summed E-state index contributed by atoms with van der Waals surface area (Å²) in [6, 6.07) is 3.60. The van der Waals surface area contributed by atoms with Crippen LogP contribution in [0.4, 0.5) is 5.69 Å². The number of allylic oxidation sites excluding steroid dienone is 2. The number of rotatable bonds is 3. The van der Waals surface area contributed by atoms with E-state index in [-0.39, 0.29) is 23.1 Å². The number of hydrogen-bond acceptors (Lipinski definition) is 4. The minimum Gasteiger partial charge on any atom is -0.495 e. The van der Waals surface area contributed by atoms with E-state index in [1.807, 2.05) is 6.07 Å². The first-order valence-corrected chi connectivity index (χ1v) is 10.6. The fraction of sp³-hybridized carbons (Fsp3) is 0.500. The van der Waals surface area contributed by atoms with E-state index >= 15 is 0 Å². The number of anilines is 1. The van der Waals surface area contributed by atoms with E-state index in [4.69, 9.17) is 9.29 Å². The molecule has 3 N–H and O–H groups in total. The average Bonchev–Trinajstić information content (AvgIpc) is 2.81. The molecule has 1 saturated carbocycles. The molecule has 0 aromatic heterocycles. The maximum Gasteiger partial charge on any atom is 0.357 e. The molecular formula is C20H25NO5S. The molecule has 0 heterocycles. The number of hydrogen-bond donors (Lipinski definition) is 3. The molecule has 3 aliphatic carbocycles. The molecule has 3 atom stereocenters. The zero-order valence-electron chi connectivity index (χ0n) is 15.6. The van der Waals surface area contributed by atoms with Gasteiger partial charge in [-0.1, -0.05) is 24.6 Å². The number of ether oxygens (including phenoxy) is 1. The molecule has 0 aliphatic heterocycles. The largest absolute Gasteiger partial charge is 0.495 e. The summed E-state index contributed by atoms with van der Waals surface area (Å²) in [5, 5.41) is 10.6. The molecule has 0 bridgehead atoms. The summed E-state index contributed by atoms with van der Waals surface area (Å²) in [6.45, 7) is 6.41. The Kier molecular flexibility index (Phi) is 4.18. The molecule has 1 aromatic carbocycles. The minimum absolute atomic E-state index is 0.149. The summed E-state index contributed by atoms with van der Waals surface area (Å²) in [7, 11) is -2.90. The van der Waals surface area contributed by atoms with E-state index in [2.05, 4.69) is 18.2 Å². The van der Waals surface area contributed by atoms with Crippen LogP contribution in [0.1, 0.15) is 43.7 Å². The lowest BCUT2D eigenvalue weighted by Crippen LogP contribution is -2.37. The summed E-state index contributed by atoms with van der Waals surface area (Å²) in [5.41, 5.74) is 5.94. The first-order valence-electron chi connectivity index (χ1n) is 9.18. The normalized spacial score (nSPS) is 29.9. The summed E-state index contributed by atoms with van der Waals surface area (Å²) >= 11 is 0. The Bertz CT molecular complexity index is 965. The van der Waals surface area contributed by atoms with Gasteiger partial charge in [-0.15, -0.1) is 0 Å². The fourth-order valence-corrected chi connectivity index (χ4v) is 5.75. The van der Waals surface area contributed by atoms with Gasteiger partial charge in [0.05, 0.1) is 18.9 Å².